The number of piperidine rings is 1. The molecule has 208 valence electrons. The molecule has 2 aromatic carbocycles. The van der Waals surface area contributed by atoms with Gasteiger partial charge in [-0.1, -0.05) is 42.1 Å². The maximum absolute atomic E-state index is 13.1. The van der Waals surface area contributed by atoms with E-state index in [1.54, 1.807) is 0 Å². The van der Waals surface area contributed by atoms with E-state index in [0.29, 0.717) is 29.2 Å². The SMILES string of the molecule is CCOc1ccc(-n2c(Cc3cc(=O)[nH]c(=O)[nH]3)nnc2SCC(=O)N2CCC(Cc3ccccc3)CC2)cc1. The van der Waals surface area contributed by atoms with Crippen LogP contribution in [0.2, 0.25) is 0 Å². The summed E-state index contributed by atoms with van der Waals surface area (Å²) in [6.07, 6.45) is 3.21. The fourth-order valence-corrected chi connectivity index (χ4v) is 5.84. The lowest BCUT2D eigenvalue weighted by Crippen LogP contribution is -2.39. The number of aromatic amines is 2. The summed E-state index contributed by atoms with van der Waals surface area (Å²) in [4.78, 5) is 43.5. The zero-order valence-electron chi connectivity index (χ0n) is 22.3. The number of nitrogens with zero attached hydrogens (tertiary/aromatic N) is 4. The van der Waals surface area contributed by atoms with Crippen molar-refractivity contribution in [2.24, 2.45) is 5.92 Å². The lowest BCUT2D eigenvalue weighted by molar-refractivity contribution is -0.129. The molecule has 0 spiro atoms. The van der Waals surface area contributed by atoms with Gasteiger partial charge in [0.1, 0.15) is 11.6 Å². The van der Waals surface area contributed by atoms with Crippen molar-refractivity contribution in [3.8, 4) is 11.4 Å². The molecule has 5 rings (SSSR count). The molecule has 0 aliphatic carbocycles. The van der Waals surface area contributed by atoms with E-state index in [2.05, 4.69) is 44.4 Å². The van der Waals surface area contributed by atoms with Crippen molar-refractivity contribution in [3.05, 3.63) is 98.6 Å². The highest BCUT2D eigenvalue weighted by atomic mass is 32.2. The van der Waals surface area contributed by atoms with Gasteiger partial charge in [0.15, 0.2) is 5.16 Å². The Bertz CT molecular complexity index is 1510. The number of thioether (sulfide) groups is 1. The Labute approximate surface area is 235 Å². The van der Waals surface area contributed by atoms with E-state index in [1.165, 1.54) is 23.4 Å². The van der Waals surface area contributed by atoms with Gasteiger partial charge in [-0.15, -0.1) is 10.2 Å². The van der Waals surface area contributed by atoms with E-state index in [9.17, 15) is 14.4 Å². The van der Waals surface area contributed by atoms with Gasteiger partial charge >= 0.3 is 5.69 Å². The lowest BCUT2D eigenvalue weighted by atomic mass is 9.90. The summed E-state index contributed by atoms with van der Waals surface area (Å²) in [5.41, 5.74) is 1.48. The minimum absolute atomic E-state index is 0.0740. The minimum Gasteiger partial charge on any atom is -0.494 e. The molecule has 0 radical (unpaired) electrons. The van der Waals surface area contributed by atoms with Crippen LogP contribution in [-0.4, -0.2) is 61.0 Å². The monoisotopic (exact) mass is 560 g/mol. The van der Waals surface area contributed by atoms with Gasteiger partial charge in [-0.25, -0.2) is 4.79 Å². The molecule has 1 fully saturated rings. The third kappa shape index (κ3) is 6.90. The molecule has 3 heterocycles. The standard InChI is InChI=1S/C29H32N6O4S/c1-2-39-24-10-8-23(9-11-24)35-25(17-22-18-26(36)31-28(38)30-22)32-33-29(35)40-19-27(37)34-14-12-21(13-15-34)16-20-6-4-3-5-7-20/h3-11,18,21H,2,12-17,19H2,1H3,(H2,30,31,36,38). The first-order valence-corrected chi connectivity index (χ1v) is 14.4. The van der Waals surface area contributed by atoms with Gasteiger partial charge in [0, 0.05) is 37.0 Å². The molecule has 10 nitrogen and oxygen atoms in total. The number of hydrogen-bond donors (Lipinski definition) is 2. The maximum atomic E-state index is 13.1. The Hall–Kier alpha value is -4.12. The van der Waals surface area contributed by atoms with Gasteiger partial charge < -0.3 is 14.6 Å². The van der Waals surface area contributed by atoms with Crippen LogP contribution >= 0.6 is 11.8 Å². The molecule has 2 aromatic heterocycles. The number of carbonyl (C=O) groups excluding carboxylic acids is 1. The zero-order valence-corrected chi connectivity index (χ0v) is 23.2. The van der Waals surface area contributed by atoms with Crippen molar-refractivity contribution in [1.82, 2.24) is 29.6 Å². The van der Waals surface area contributed by atoms with Crippen LogP contribution in [0, 0.1) is 5.92 Å². The largest absolute Gasteiger partial charge is 0.494 e. The quantitative estimate of drug-likeness (QED) is 0.285. The minimum atomic E-state index is -0.581. The Morgan fingerprint density at radius 2 is 1.77 bits per heavy atom. The Balaban J connectivity index is 1.28. The smallest absolute Gasteiger partial charge is 0.325 e. The summed E-state index contributed by atoms with van der Waals surface area (Å²) in [6, 6.07) is 19.3. The first-order chi connectivity index (χ1) is 19.5. The van der Waals surface area contributed by atoms with Crippen molar-refractivity contribution in [2.45, 2.75) is 37.8 Å². The van der Waals surface area contributed by atoms with Crippen LogP contribution in [0.4, 0.5) is 0 Å². The number of ether oxygens (including phenoxy) is 1. The predicted octanol–water partition coefficient (Wildman–Crippen LogP) is 3.21. The Morgan fingerprint density at radius 1 is 1.02 bits per heavy atom. The van der Waals surface area contributed by atoms with Crippen LogP contribution < -0.4 is 16.0 Å². The summed E-state index contributed by atoms with van der Waals surface area (Å²) in [5.74, 6) is 2.16. The number of benzene rings is 2. The fourth-order valence-electron chi connectivity index (χ4n) is 4.96. The van der Waals surface area contributed by atoms with Gasteiger partial charge in [0.25, 0.3) is 5.56 Å². The Kier molecular flexibility index (Phi) is 8.80. The molecule has 1 aliphatic rings. The summed E-state index contributed by atoms with van der Waals surface area (Å²) in [5, 5.41) is 9.27. The second-order valence-electron chi connectivity index (χ2n) is 9.75. The normalized spacial score (nSPS) is 13.9. The third-order valence-corrected chi connectivity index (χ3v) is 7.84. The van der Waals surface area contributed by atoms with Crippen molar-refractivity contribution in [1.29, 1.82) is 0 Å². The lowest BCUT2D eigenvalue weighted by Gasteiger charge is -2.32. The number of aromatic nitrogens is 5. The number of hydrogen-bond acceptors (Lipinski definition) is 7. The number of carbonyl (C=O) groups is 1. The maximum Gasteiger partial charge on any atom is 0.325 e. The van der Waals surface area contributed by atoms with Gasteiger partial charge in [0.05, 0.1) is 12.4 Å². The van der Waals surface area contributed by atoms with E-state index in [4.69, 9.17) is 4.74 Å². The molecule has 0 bridgehead atoms. The van der Waals surface area contributed by atoms with Gasteiger partial charge in [-0.3, -0.25) is 19.1 Å². The summed E-state index contributed by atoms with van der Waals surface area (Å²) < 4.78 is 7.42. The third-order valence-electron chi connectivity index (χ3n) is 6.93. The number of rotatable bonds is 10. The van der Waals surface area contributed by atoms with Crippen molar-refractivity contribution in [3.63, 3.8) is 0 Å². The van der Waals surface area contributed by atoms with Crippen molar-refractivity contribution < 1.29 is 9.53 Å². The fraction of sp³-hybridized carbons (Fsp3) is 0.345. The summed E-state index contributed by atoms with van der Waals surface area (Å²) in [6.45, 7) is 3.98. The molecule has 4 aromatic rings. The number of nitrogens with one attached hydrogen (secondary N) is 2. The summed E-state index contributed by atoms with van der Waals surface area (Å²) >= 11 is 1.33. The second kappa shape index (κ2) is 12.8. The van der Waals surface area contributed by atoms with Crippen LogP contribution in [0.1, 0.15) is 36.8 Å². The van der Waals surface area contributed by atoms with Crippen LogP contribution in [0.5, 0.6) is 5.75 Å². The molecule has 0 atom stereocenters. The van der Waals surface area contributed by atoms with E-state index in [0.717, 1.165) is 43.8 Å². The van der Waals surface area contributed by atoms with Crippen molar-refractivity contribution >= 4 is 17.7 Å². The molecule has 0 unspecified atom stereocenters. The van der Waals surface area contributed by atoms with Gasteiger partial charge in [-0.05, 0) is 61.9 Å². The molecular weight excluding hydrogens is 528 g/mol. The second-order valence-corrected chi connectivity index (χ2v) is 10.7. The number of H-pyrrole nitrogens is 2. The molecule has 0 saturated carbocycles. The topological polar surface area (TPSA) is 126 Å². The highest BCUT2D eigenvalue weighted by molar-refractivity contribution is 7.99. The summed E-state index contributed by atoms with van der Waals surface area (Å²) in [7, 11) is 0. The van der Waals surface area contributed by atoms with E-state index in [-0.39, 0.29) is 18.1 Å². The number of likely N-dealkylation sites (tertiary alicyclic amines) is 1. The molecular formula is C29H32N6O4S. The van der Waals surface area contributed by atoms with Gasteiger partial charge in [-0.2, -0.15) is 0 Å². The van der Waals surface area contributed by atoms with Crippen LogP contribution in [0.15, 0.2) is 75.4 Å². The van der Waals surface area contributed by atoms with E-state index < -0.39 is 11.2 Å². The van der Waals surface area contributed by atoms with Crippen molar-refractivity contribution in [2.75, 3.05) is 25.4 Å². The molecule has 1 amide bonds. The average Bonchev–Trinajstić information content (AvgIpc) is 3.35. The molecule has 2 N–H and O–H groups in total. The van der Waals surface area contributed by atoms with Crippen LogP contribution in [0.25, 0.3) is 5.69 Å². The average molecular weight is 561 g/mol. The predicted molar refractivity (Wildman–Crippen MR) is 153 cm³/mol. The number of amides is 1. The molecule has 40 heavy (non-hydrogen) atoms. The highest BCUT2D eigenvalue weighted by Gasteiger charge is 2.24. The zero-order chi connectivity index (χ0) is 27.9. The molecule has 11 heteroatoms. The molecule has 1 saturated heterocycles. The van der Waals surface area contributed by atoms with Crippen LogP contribution in [0.3, 0.4) is 0 Å². The highest BCUT2D eigenvalue weighted by Crippen LogP contribution is 2.27. The Morgan fingerprint density at radius 3 is 2.48 bits per heavy atom. The molecule has 1 aliphatic heterocycles. The van der Waals surface area contributed by atoms with Crippen LogP contribution in [-0.2, 0) is 17.6 Å². The first-order valence-electron chi connectivity index (χ1n) is 13.4. The first kappa shape index (κ1) is 27.4. The van der Waals surface area contributed by atoms with E-state index in [1.807, 2.05) is 46.7 Å². The van der Waals surface area contributed by atoms with E-state index >= 15 is 0 Å². The van der Waals surface area contributed by atoms with Gasteiger partial charge in [0.2, 0.25) is 5.91 Å².